The summed E-state index contributed by atoms with van der Waals surface area (Å²) < 4.78 is 8.15. The molecular formula is C29H32N10O3S. The molecule has 1 fully saturated rings. The molecule has 0 aliphatic carbocycles. The minimum Gasteiger partial charge on any atom is -0.350 e. The number of carbonyl (C=O) groups is 1. The van der Waals surface area contributed by atoms with Crippen LogP contribution in [-0.4, -0.2) is 57.3 Å². The van der Waals surface area contributed by atoms with Crippen molar-refractivity contribution in [3.8, 4) is 11.3 Å². The summed E-state index contributed by atoms with van der Waals surface area (Å²) in [5, 5.41) is 22.6. The van der Waals surface area contributed by atoms with Crippen LogP contribution in [0.3, 0.4) is 0 Å². The van der Waals surface area contributed by atoms with Gasteiger partial charge in [-0.3, -0.25) is 28.9 Å². The number of amides is 1. The van der Waals surface area contributed by atoms with E-state index in [1.807, 2.05) is 17.5 Å². The fraction of sp³-hybridized carbons (Fsp3) is 0.345. The number of fused-ring (bicyclic) bond motifs is 1. The van der Waals surface area contributed by atoms with Gasteiger partial charge in [-0.05, 0) is 49.8 Å². The van der Waals surface area contributed by atoms with Crippen LogP contribution in [0.4, 0.5) is 16.5 Å². The molecule has 5 aromatic rings. The highest BCUT2D eigenvalue weighted by Gasteiger charge is 2.19. The molecule has 5 heterocycles. The lowest BCUT2D eigenvalue weighted by molar-refractivity contribution is -0.385. The van der Waals surface area contributed by atoms with Crippen LogP contribution in [0.1, 0.15) is 36.7 Å². The number of carbonyl (C=O) groups excluding carboxylic acids is 1. The molecule has 6 rings (SSSR count). The maximum atomic E-state index is 12.6. The van der Waals surface area contributed by atoms with E-state index in [0.29, 0.717) is 17.0 Å². The highest BCUT2D eigenvalue weighted by Crippen LogP contribution is 2.28. The molecule has 1 aliphatic rings. The average Bonchev–Trinajstić information content (AvgIpc) is 3.72. The number of nitrogens with one attached hydrogen (secondary N) is 2. The number of aryl methyl sites for hydroxylation is 1. The Morgan fingerprint density at radius 1 is 1.23 bits per heavy atom. The molecule has 0 radical (unpaired) electrons. The first kappa shape index (κ1) is 28.4. The van der Waals surface area contributed by atoms with Crippen LogP contribution in [0.2, 0.25) is 0 Å². The largest absolute Gasteiger partial charge is 0.350 e. The average molecular weight is 601 g/mol. The molecular weight excluding hydrogens is 568 g/mol. The SMILES string of the molecule is Cc1cn2c(-c3cnn(CC(=O)NCc4ccccc4[N+](=O)[O-])c3)cnc2c(Nc2cc(CN3CCCC(C)C3)ns2)n1. The van der Waals surface area contributed by atoms with E-state index in [1.165, 1.54) is 35.1 Å². The zero-order valence-electron chi connectivity index (χ0n) is 23.9. The van der Waals surface area contributed by atoms with Crippen molar-refractivity contribution in [1.82, 2.24) is 38.7 Å². The zero-order valence-corrected chi connectivity index (χ0v) is 24.8. The number of nitro groups is 1. The van der Waals surface area contributed by atoms with Gasteiger partial charge in [-0.15, -0.1) is 0 Å². The van der Waals surface area contributed by atoms with Gasteiger partial charge < -0.3 is 10.6 Å². The van der Waals surface area contributed by atoms with Crippen LogP contribution < -0.4 is 10.6 Å². The predicted molar refractivity (Wildman–Crippen MR) is 163 cm³/mol. The Labute approximate surface area is 251 Å². The van der Waals surface area contributed by atoms with Crippen LogP contribution in [0.5, 0.6) is 0 Å². The number of piperidine rings is 1. The van der Waals surface area contributed by atoms with Gasteiger partial charge >= 0.3 is 0 Å². The number of hydrogen-bond donors (Lipinski definition) is 2. The van der Waals surface area contributed by atoms with Gasteiger partial charge in [0, 0.05) is 49.2 Å². The predicted octanol–water partition coefficient (Wildman–Crippen LogP) is 4.56. The second-order valence-electron chi connectivity index (χ2n) is 10.9. The van der Waals surface area contributed by atoms with E-state index in [9.17, 15) is 14.9 Å². The molecule has 1 aliphatic heterocycles. The summed E-state index contributed by atoms with van der Waals surface area (Å²) in [5.41, 5.74) is 4.52. The van der Waals surface area contributed by atoms with Gasteiger partial charge in [0.15, 0.2) is 11.5 Å². The molecule has 0 spiro atoms. The van der Waals surface area contributed by atoms with E-state index in [4.69, 9.17) is 4.98 Å². The standard InChI is InChI=1S/C29H32N10O3S/c1-19-6-5-9-36(14-19)17-23-10-27(43-35-23)34-28-29-31-13-25(38(29)15-20(2)33-28)22-12-32-37(16-22)18-26(40)30-11-21-7-3-4-8-24(21)39(41)42/h3-4,7-8,10,12-13,15-16,19H,5-6,9,11,14,17-18H2,1-2H3,(H,30,40)(H,33,34). The lowest BCUT2D eigenvalue weighted by Gasteiger charge is -2.30. The fourth-order valence-electron chi connectivity index (χ4n) is 5.45. The van der Waals surface area contributed by atoms with Crippen molar-refractivity contribution in [2.45, 2.75) is 46.3 Å². The van der Waals surface area contributed by atoms with Crippen molar-refractivity contribution in [3.63, 3.8) is 0 Å². The van der Waals surface area contributed by atoms with Crippen molar-refractivity contribution in [2.75, 3.05) is 18.4 Å². The quantitative estimate of drug-likeness (QED) is 0.174. The van der Waals surface area contributed by atoms with Crippen LogP contribution in [0.15, 0.2) is 55.1 Å². The summed E-state index contributed by atoms with van der Waals surface area (Å²) in [5.74, 6) is 1.05. The van der Waals surface area contributed by atoms with E-state index in [2.05, 4.69) is 43.0 Å². The molecule has 43 heavy (non-hydrogen) atoms. The fourth-order valence-corrected chi connectivity index (χ4v) is 6.10. The summed E-state index contributed by atoms with van der Waals surface area (Å²) in [6, 6.07) is 8.42. The first-order valence-corrected chi connectivity index (χ1v) is 14.9. The Bertz CT molecular complexity index is 1780. The van der Waals surface area contributed by atoms with Gasteiger partial charge in [0.2, 0.25) is 5.91 Å². The molecule has 0 saturated carbocycles. The van der Waals surface area contributed by atoms with E-state index in [-0.39, 0.29) is 24.7 Å². The zero-order chi connectivity index (χ0) is 29.9. The number of nitro benzene ring substituents is 1. The highest BCUT2D eigenvalue weighted by atomic mass is 32.1. The molecule has 0 bridgehead atoms. The summed E-state index contributed by atoms with van der Waals surface area (Å²) in [7, 11) is 0. The number of hydrogen-bond acceptors (Lipinski definition) is 10. The van der Waals surface area contributed by atoms with E-state index in [1.54, 1.807) is 36.8 Å². The summed E-state index contributed by atoms with van der Waals surface area (Å²) >= 11 is 1.42. The number of anilines is 2. The van der Waals surface area contributed by atoms with Crippen LogP contribution in [-0.2, 0) is 24.4 Å². The van der Waals surface area contributed by atoms with E-state index in [0.717, 1.165) is 53.2 Å². The minimum atomic E-state index is -0.458. The lowest BCUT2D eigenvalue weighted by Crippen LogP contribution is -2.33. The van der Waals surface area contributed by atoms with Crippen LogP contribution >= 0.6 is 11.5 Å². The third kappa shape index (κ3) is 6.54. The summed E-state index contributed by atoms with van der Waals surface area (Å²) in [4.78, 5) is 35.2. The minimum absolute atomic E-state index is 0.0293. The molecule has 13 nitrogen and oxygen atoms in total. The Hall–Kier alpha value is -4.69. The number of imidazole rings is 1. The summed E-state index contributed by atoms with van der Waals surface area (Å²) in [6.07, 6.45) is 9.65. The van der Waals surface area contributed by atoms with Gasteiger partial charge in [0.05, 0.1) is 34.4 Å². The normalized spacial score (nSPS) is 15.5. The van der Waals surface area contributed by atoms with Gasteiger partial charge in [-0.25, -0.2) is 9.97 Å². The van der Waals surface area contributed by atoms with Crippen molar-refractivity contribution in [3.05, 3.63) is 82.2 Å². The van der Waals surface area contributed by atoms with Gasteiger partial charge in [-0.2, -0.15) is 9.47 Å². The first-order chi connectivity index (χ1) is 20.8. The Balaban J connectivity index is 1.13. The third-order valence-corrected chi connectivity index (χ3v) is 8.18. The smallest absolute Gasteiger partial charge is 0.274 e. The van der Waals surface area contributed by atoms with Gasteiger partial charge in [-0.1, -0.05) is 25.1 Å². The molecule has 4 aromatic heterocycles. The lowest BCUT2D eigenvalue weighted by atomic mass is 10.0. The van der Waals surface area contributed by atoms with Gasteiger partial charge in [0.25, 0.3) is 5.69 Å². The molecule has 1 atom stereocenters. The van der Waals surface area contributed by atoms with E-state index < -0.39 is 4.92 Å². The molecule has 2 N–H and O–H groups in total. The second kappa shape index (κ2) is 12.3. The molecule has 14 heteroatoms. The first-order valence-electron chi connectivity index (χ1n) is 14.1. The highest BCUT2D eigenvalue weighted by molar-refractivity contribution is 7.10. The number of para-hydroxylation sites is 1. The van der Waals surface area contributed by atoms with E-state index >= 15 is 0 Å². The molecule has 1 saturated heterocycles. The van der Waals surface area contributed by atoms with Gasteiger partial charge in [0.1, 0.15) is 11.5 Å². The molecule has 222 valence electrons. The number of rotatable bonds is 10. The molecule has 1 amide bonds. The van der Waals surface area contributed by atoms with Crippen molar-refractivity contribution < 1.29 is 9.72 Å². The van der Waals surface area contributed by atoms with Crippen LogP contribution in [0.25, 0.3) is 16.9 Å². The summed E-state index contributed by atoms with van der Waals surface area (Å²) in [6.45, 7) is 7.32. The number of aromatic nitrogens is 6. The Morgan fingerprint density at radius 2 is 2.09 bits per heavy atom. The Kier molecular flexibility index (Phi) is 8.11. The van der Waals surface area contributed by atoms with Crippen molar-refractivity contribution in [1.29, 1.82) is 0 Å². The second-order valence-corrected chi connectivity index (χ2v) is 11.8. The third-order valence-electron chi connectivity index (χ3n) is 7.44. The topological polar surface area (TPSA) is 148 Å². The Morgan fingerprint density at radius 3 is 2.93 bits per heavy atom. The monoisotopic (exact) mass is 600 g/mol. The number of likely N-dealkylation sites (tertiary alicyclic amines) is 1. The molecule has 1 aromatic carbocycles. The maximum Gasteiger partial charge on any atom is 0.274 e. The molecule has 1 unspecified atom stereocenters. The maximum absolute atomic E-state index is 12.6. The number of benzene rings is 1. The van der Waals surface area contributed by atoms with Crippen LogP contribution in [0, 0.1) is 23.0 Å². The van der Waals surface area contributed by atoms with Crippen molar-refractivity contribution in [2.24, 2.45) is 5.92 Å². The van der Waals surface area contributed by atoms with Crippen molar-refractivity contribution >= 4 is 39.6 Å². The number of nitrogens with zero attached hydrogens (tertiary/aromatic N) is 8.